The molecule has 0 bridgehead atoms. The van der Waals surface area contributed by atoms with Gasteiger partial charge in [-0.15, -0.1) is 10.2 Å². The van der Waals surface area contributed by atoms with Crippen LogP contribution < -0.4 is 4.74 Å². The van der Waals surface area contributed by atoms with Crippen LogP contribution in [0.4, 0.5) is 13.2 Å². The zero-order chi connectivity index (χ0) is 21.7. The molecule has 1 amide bonds. The van der Waals surface area contributed by atoms with Crippen molar-refractivity contribution in [2.24, 2.45) is 0 Å². The number of aromatic nitrogens is 2. The summed E-state index contributed by atoms with van der Waals surface area (Å²) in [6.45, 7) is -0.931. The van der Waals surface area contributed by atoms with Crippen LogP contribution in [0.5, 0.6) is 5.75 Å². The molecule has 10 heteroatoms. The lowest BCUT2D eigenvalue weighted by Crippen LogP contribution is -2.32. The van der Waals surface area contributed by atoms with Crippen LogP contribution in [0, 0.1) is 5.82 Å². The number of alkyl halides is 2. The molecule has 0 saturated carbocycles. The minimum Gasteiger partial charge on any atom is -0.435 e. The number of carbonyl (C=O) groups excluding carboxylic acids is 1. The van der Waals surface area contributed by atoms with Crippen molar-refractivity contribution in [3.63, 3.8) is 0 Å². The van der Waals surface area contributed by atoms with Crippen molar-refractivity contribution in [1.29, 1.82) is 0 Å². The number of benzene rings is 2. The summed E-state index contributed by atoms with van der Waals surface area (Å²) in [6, 6.07) is 11.8. The summed E-state index contributed by atoms with van der Waals surface area (Å²) >= 11 is 1.09. The first kappa shape index (κ1) is 21.7. The Labute approximate surface area is 175 Å². The number of nitrogens with zero attached hydrogens (tertiary/aromatic N) is 3. The van der Waals surface area contributed by atoms with Crippen LogP contribution in [0.1, 0.15) is 12.5 Å². The predicted molar refractivity (Wildman–Crippen MR) is 105 cm³/mol. The molecular formula is C20H18F3N3O3S. The van der Waals surface area contributed by atoms with Crippen LogP contribution in [-0.2, 0) is 11.3 Å². The van der Waals surface area contributed by atoms with Gasteiger partial charge in [0.15, 0.2) is 0 Å². The van der Waals surface area contributed by atoms with Crippen LogP contribution in [0.25, 0.3) is 11.5 Å². The summed E-state index contributed by atoms with van der Waals surface area (Å²) in [5.74, 6) is -0.335. The summed E-state index contributed by atoms with van der Waals surface area (Å²) in [4.78, 5) is 14.1. The van der Waals surface area contributed by atoms with Gasteiger partial charge in [0.1, 0.15) is 11.6 Å². The van der Waals surface area contributed by atoms with E-state index in [1.807, 2.05) is 0 Å². The number of rotatable bonds is 8. The number of carbonyl (C=O) groups is 1. The molecule has 3 aromatic rings. The van der Waals surface area contributed by atoms with Gasteiger partial charge >= 0.3 is 6.61 Å². The highest BCUT2D eigenvalue weighted by molar-refractivity contribution is 8.00. The maximum absolute atomic E-state index is 13.3. The van der Waals surface area contributed by atoms with E-state index in [0.717, 1.165) is 11.8 Å². The lowest BCUT2D eigenvalue weighted by atomic mass is 10.2. The molecule has 1 atom stereocenters. The summed E-state index contributed by atoms with van der Waals surface area (Å²) in [5.41, 5.74) is 1.21. The van der Waals surface area contributed by atoms with E-state index in [4.69, 9.17) is 4.42 Å². The SMILES string of the molecule is CC(Sc1nnc(-c2ccc(OC(F)F)cc2)o1)C(=O)N(C)Cc1cccc(F)c1. The lowest BCUT2D eigenvalue weighted by molar-refractivity contribution is -0.129. The second-order valence-corrected chi connectivity index (χ2v) is 7.65. The second-order valence-electron chi connectivity index (χ2n) is 6.36. The van der Waals surface area contributed by atoms with Crippen LogP contribution >= 0.6 is 11.8 Å². The van der Waals surface area contributed by atoms with E-state index in [9.17, 15) is 18.0 Å². The summed E-state index contributed by atoms with van der Waals surface area (Å²) in [5, 5.41) is 7.51. The van der Waals surface area contributed by atoms with Crippen molar-refractivity contribution in [3.05, 3.63) is 59.9 Å². The molecule has 1 aromatic heterocycles. The Balaban J connectivity index is 1.59. The average Bonchev–Trinajstić information content (AvgIpc) is 3.16. The first-order valence-corrected chi connectivity index (χ1v) is 9.74. The van der Waals surface area contributed by atoms with Gasteiger partial charge in [0.25, 0.3) is 5.22 Å². The highest BCUT2D eigenvalue weighted by Gasteiger charge is 2.22. The van der Waals surface area contributed by atoms with Crippen LogP contribution in [0.2, 0.25) is 0 Å². The second kappa shape index (κ2) is 9.66. The highest BCUT2D eigenvalue weighted by atomic mass is 32.2. The van der Waals surface area contributed by atoms with Crippen molar-refractivity contribution < 1.29 is 27.1 Å². The molecular weight excluding hydrogens is 419 g/mol. The van der Waals surface area contributed by atoms with E-state index in [-0.39, 0.29) is 35.1 Å². The van der Waals surface area contributed by atoms with Gasteiger partial charge in [-0.2, -0.15) is 8.78 Å². The van der Waals surface area contributed by atoms with Crippen LogP contribution in [0.3, 0.4) is 0 Å². The van der Waals surface area contributed by atoms with Gasteiger partial charge in [-0.05, 0) is 48.9 Å². The van der Waals surface area contributed by atoms with Crippen molar-refractivity contribution in [3.8, 4) is 17.2 Å². The molecule has 0 radical (unpaired) electrons. The van der Waals surface area contributed by atoms with E-state index >= 15 is 0 Å². The molecule has 158 valence electrons. The Morgan fingerprint density at radius 3 is 2.60 bits per heavy atom. The van der Waals surface area contributed by atoms with E-state index in [1.54, 1.807) is 26.1 Å². The molecule has 30 heavy (non-hydrogen) atoms. The smallest absolute Gasteiger partial charge is 0.387 e. The van der Waals surface area contributed by atoms with Gasteiger partial charge < -0.3 is 14.1 Å². The van der Waals surface area contributed by atoms with Gasteiger partial charge in [0.2, 0.25) is 11.8 Å². The number of hydrogen-bond donors (Lipinski definition) is 0. The first-order valence-electron chi connectivity index (χ1n) is 8.86. The standard InChI is InChI=1S/C20H18F3N3O3S/c1-12(18(27)26(2)11-13-4-3-5-15(21)10-13)30-20-25-24-17(29-20)14-6-8-16(9-7-14)28-19(22)23/h3-10,12,19H,11H2,1-2H3. The molecule has 0 N–H and O–H groups in total. The monoisotopic (exact) mass is 437 g/mol. The normalized spacial score (nSPS) is 12.1. The van der Waals surface area contributed by atoms with E-state index in [0.29, 0.717) is 11.1 Å². The maximum Gasteiger partial charge on any atom is 0.387 e. The van der Waals surface area contributed by atoms with Crippen LogP contribution in [0.15, 0.2) is 58.2 Å². The highest BCUT2D eigenvalue weighted by Crippen LogP contribution is 2.28. The zero-order valence-corrected chi connectivity index (χ0v) is 16.9. The maximum atomic E-state index is 13.3. The lowest BCUT2D eigenvalue weighted by Gasteiger charge is -2.20. The van der Waals surface area contributed by atoms with Crippen molar-refractivity contribution in [1.82, 2.24) is 15.1 Å². The molecule has 1 heterocycles. The average molecular weight is 437 g/mol. The first-order chi connectivity index (χ1) is 14.3. The van der Waals surface area contributed by atoms with Gasteiger partial charge in [-0.25, -0.2) is 4.39 Å². The van der Waals surface area contributed by atoms with E-state index in [2.05, 4.69) is 14.9 Å². The molecule has 1 unspecified atom stereocenters. The quantitative estimate of drug-likeness (QED) is 0.479. The van der Waals surface area contributed by atoms with Crippen molar-refractivity contribution in [2.75, 3.05) is 7.05 Å². The molecule has 0 aliphatic rings. The Kier molecular flexibility index (Phi) is 6.99. The molecule has 0 saturated heterocycles. The van der Waals surface area contributed by atoms with E-state index < -0.39 is 11.9 Å². The molecule has 0 spiro atoms. The zero-order valence-electron chi connectivity index (χ0n) is 16.1. The van der Waals surface area contributed by atoms with Gasteiger partial charge in [0.05, 0.1) is 5.25 Å². The third kappa shape index (κ3) is 5.76. The van der Waals surface area contributed by atoms with Gasteiger partial charge in [0, 0.05) is 19.2 Å². The molecule has 0 aliphatic heterocycles. The molecule has 0 aliphatic carbocycles. The Morgan fingerprint density at radius 2 is 1.93 bits per heavy atom. The summed E-state index contributed by atoms with van der Waals surface area (Å²) < 4.78 is 47.6. The summed E-state index contributed by atoms with van der Waals surface area (Å²) in [6.07, 6.45) is 0. The minimum atomic E-state index is -2.90. The van der Waals surface area contributed by atoms with Crippen molar-refractivity contribution in [2.45, 2.75) is 30.6 Å². The van der Waals surface area contributed by atoms with E-state index in [1.165, 1.54) is 41.3 Å². The largest absolute Gasteiger partial charge is 0.435 e. The molecule has 3 rings (SSSR count). The topological polar surface area (TPSA) is 68.5 Å². The fraction of sp³-hybridized carbons (Fsp3) is 0.250. The fourth-order valence-corrected chi connectivity index (χ4v) is 3.45. The number of ether oxygens (including phenoxy) is 1. The van der Waals surface area contributed by atoms with Crippen LogP contribution in [-0.4, -0.2) is 39.9 Å². The van der Waals surface area contributed by atoms with Crippen molar-refractivity contribution >= 4 is 17.7 Å². The number of halogens is 3. The minimum absolute atomic E-state index is 0.0171. The van der Waals surface area contributed by atoms with Gasteiger partial charge in [-0.3, -0.25) is 4.79 Å². The number of hydrogen-bond acceptors (Lipinski definition) is 6. The third-order valence-electron chi connectivity index (χ3n) is 4.04. The fourth-order valence-electron chi connectivity index (χ4n) is 2.65. The predicted octanol–water partition coefficient (Wildman–Crippen LogP) is 4.62. The van der Waals surface area contributed by atoms with Gasteiger partial charge in [-0.1, -0.05) is 23.9 Å². The molecule has 0 fully saturated rings. The Hall–Kier alpha value is -3.01. The number of thioether (sulfide) groups is 1. The summed E-state index contributed by atoms with van der Waals surface area (Å²) in [7, 11) is 1.63. The molecule has 6 nitrogen and oxygen atoms in total. The third-order valence-corrected chi connectivity index (χ3v) is 4.97. The molecule has 2 aromatic carbocycles. The Morgan fingerprint density at radius 1 is 1.20 bits per heavy atom. The number of amides is 1. The Bertz CT molecular complexity index is 998.